The van der Waals surface area contributed by atoms with Gasteiger partial charge >= 0.3 is 0 Å². The summed E-state index contributed by atoms with van der Waals surface area (Å²) in [6, 6.07) is 0. The molecule has 0 atom stereocenters. The Morgan fingerprint density at radius 1 is 1.27 bits per heavy atom. The predicted molar refractivity (Wildman–Crippen MR) is 52.7 cm³/mol. The third-order valence-electron chi connectivity index (χ3n) is 1.75. The smallest absolute Gasteiger partial charge is 0.0311 e. The van der Waals surface area contributed by atoms with Crippen molar-refractivity contribution in [3.05, 3.63) is 23.8 Å². The van der Waals surface area contributed by atoms with Crippen LogP contribution in [0.25, 0.3) is 0 Å². The molecule has 0 saturated heterocycles. The Labute approximate surface area is 71.0 Å². The molecule has 0 spiro atoms. The van der Waals surface area contributed by atoms with Crippen LogP contribution in [0.15, 0.2) is 23.8 Å². The minimum atomic E-state index is 1.16. The van der Waals surface area contributed by atoms with Crippen molar-refractivity contribution in [3.8, 4) is 0 Å². The molecule has 0 radical (unpaired) electrons. The third-order valence-corrected chi connectivity index (χ3v) is 1.75. The number of unbranched alkanes of at least 4 members (excludes halogenated alkanes) is 2. The fourth-order valence-electron chi connectivity index (χ4n) is 1.04. The van der Waals surface area contributed by atoms with Crippen LogP contribution in [-0.2, 0) is 0 Å². The Morgan fingerprint density at radius 3 is 2.45 bits per heavy atom. The molecule has 0 rings (SSSR count). The highest BCUT2D eigenvalue weighted by atomic mass is 13.9. The molecule has 0 amide bonds. The summed E-state index contributed by atoms with van der Waals surface area (Å²) in [5.41, 5.74) is 1.47. The summed E-state index contributed by atoms with van der Waals surface area (Å²) >= 11 is 0. The maximum Gasteiger partial charge on any atom is -0.0311 e. The topological polar surface area (TPSA) is 0 Å². The molecule has 0 aliphatic heterocycles. The highest BCUT2D eigenvalue weighted by Gasteiger charge is 1.85. The summed E-state index contributed by atoms with van der Waals surface area (Å²) in [6.07, 6.45) is 11.7. The van der Waals surface area contributed by atoms with E-state index in [4.69, 9.17) is 0 Å². The molecule has 0 fully saturated rings. The Balaban J connectivity index is 3.71. The normalized spacial score (nSPS) is 12.8. The Bertz CT molecular complexity index is 129. The van der Waals surface area contributed by atoms with Gasteiger partial charge in [0.25, 0.3) is 0 Å². The minimum Gasteiger partial charge on any atom is -0.0874 e. The lowest BCUT2D eigenvalue weighted by Crippen LogP contribution is -1.75. The summed E-state index contributed by atoms with van der Waals surface area (Å²) < 4.78 is 0. The lowest BCUT2D eigenvalue weighted by Gasteiger charge is -1.96. The highest BCUT2D eigenvalue weighted by molar-refractivity contribution is 5.17. The van der Waals surface area contributed by atoms with Crippen molar-refractivity contribution in [2.24, 2.45) is 0 Å². The zero-order valence-corrected chi connectivity index (χ0v) is 8.06. The molecule has 64 valence electrons. The molecule has 0 aromatic heterocycles. The third kappa shape index (κ3) is 5.90. The molecular formula is C11H20. The van der Waals surface area contributed by atoms with E-state index in [2.05, 4.69) is 39.0 Å². The first-order valence-electron chi connectivity index (χ1n) is 4.66. The molecule has 0 heterocycles. The number of rotatable bonds is 5. The van der Waals surface area contributed by atoms with Gasteiger partial charge in [-0.05, 0) is 19.8 Å². The van der Waals surface area contributed by atoms with E-state index >= 15 is 0 Å². The molecule has 0 N–H and O–H groups in total. The largest absolute Gasteiger partial charge is 0.0874 e. The molecule has 0 saturated carbocycles. The molecule has 0 aliphatic carbocycles. The molecule has 0 aromatic carbocycles. The highest BCUT2D eigenvalue weighted by Crippen LogP contribution is 2.06. The molecule has 0 bridgehead atoms. The van der Waals surface area contributed by atoms with Gasteiger partial charge in [0.1, 0.15) is 0 Å². The number of allylic oxidation sites excluding steroid dienone is 4. The van der Waals surface area contributed by atoms with E-state index in [-0.39, 0.29) is 0 Å². The van der Waals surface area contributed by atoms with Crippen LogP contribution in [0, 0.1) is 0 Å². The molecular weight excluding hydrogens is 132 g/mol. The van der Waals surface area contributed by atoms with E-state index in [9.17, 15) is 0 Å². The summed E-state index contributed by atoms with van der Waals surface area (Å²) in [7, 11) is 0. The van der Waals surface area contributed by atoms with Crippen LogP contribution < -0.4 is 0 Å². The van der Waals surface area contributed by atoms with Gasteiger partial charge in [-0.25, -0.2) is 0 Å². The number of hydrogen-bond donors (Lipinski definition) is 0. The minimum absolute atomic E-state index is 1.16. The molecule has 0 unspecified atom stereocenters. The lowest BCUT2D eigenvalue weighted by molar-refractivity contribution is 0.809. The molecule has 0 aliphatic rings. The quantitative estimate of drug-likeness (QED) is 0.411. The van der Waals surface area contributed by atoms with E-state index in [0.717, 1.165) is 6.42 Å². The molecule has 0 nitrogen and oxygen atoms in total. The molecule has 0 heteroatoms. The molecule has 11 heavy (non-hydrogen) atoms. The van der Waals surface area contributed by atoms with E-state index in [0.29, 0.717) is 0 Å². The SMILES string of the molecule is CC=CC(=CCCCC)CC. The monoisotopic (exact) mass is 152 g/mol. The van der Waals surface area contributed by atoms with Crippen molar-refractivity contribution in [1.82, 2.24) is 0 Å². The number of hydrogen-bond acceptors (Lipinski definition) is 0. The second-order valence-electron chi connectivity index (χ2n) is 2.77. The van der Waals surface area contributed by atoms with Gasteiger partial charge in [0.05, 0.1) is 0 Å². The Morgan fingerprint density at radius 2 is 2.00 bits per heavy atom. The van der Waals surface area contributed by atoms with Crippen molar-refractivity contribution < 1.29 is 0 Å². The van der Waals surface area contributed by atoms with Crippen molar-refractivity contribution >= 4 is 0 Å². The summed E-state index contributed by atoms with van der Waals surface area (Å²) in [6.45, 7) is 6.51. The average molecular weight is 152 g/mol. The van der Waals surface area contributed by atoms with E-state index in [1.807, 2.05) is 0 Å². The van der Waals surface area contributed by atoms with Gasteiger partial charge in [0.15, 0.2) is 0 Å². The Kier molecular flexibility index (Phi) is 7.23. The second kappa shape index (κ2) is 7.59. The van der Waals surface area contributed by atoms with Gasteiger partial charge in [0, 0.05) is 0 Å². The van der Waals surface area contributed by atoms with Crippen LogP contribution in [0.1, 0.15) is 46.5 Å². The zero-order valence-electron chi connectivity index (χ0n) is 8.06. The first-order valence-corrected chi connectivity index (χ1v) is 4.66. The van der Waals surface area contributed by atoms with Crippen LogP contribution in [0.5, 0.6) is 0 Å². The van der Waals surface area contributed by atoms with Crippen LogP contribution in [0.2, 0.25) is 0 Å². The van der Waals surface area contributed by atoms with Crippen LogP contribution in [0.3, 0.4) is 0 Å². The fraction of sp³-hybridized carbons (Fsp3) is 0.636. The van der Waals surface area contributed by atoms with Gasteiger partial charge in [-0.15, -0.1) is 0 Å². The van der Waals surface area contributed by atoms with Crippen molar-refractivity contribution in [1.29, 1.82) is 0 Å². The van der Waals surface area contributed by atoms with E-state index in [1.54, 1.807) is 0 Å². The maximum atomic E-state index is 2.35. The first-order chi connectivity index (χ1) is 5.35. The van der Waals surface area contributed by atoms with Gasteiger partial charge in [-0.3, -0.25) is 0 Å². The predicted octanol–water partition coefficient (Wildman–Crippen LogP) is 4.09. The van der Waals surface area contributed by atoms with E-state index < -0.39 is 0 Å². The standard InChI is InChI=1S/C11H20/c1-4-7-8-10-11(6-3)9-5-2/h5,9-10H,4,6-8H2,1-3H3. The Hall–Kier alpha value is -0.520. The lowest BCUT2D eigenvalue weighted by atomic mass is 10.1. The fourth-order valence-corrected chi connectivity index (χ4v) is 1.04. The first kappa shape index (κ1) is 10.5. The van der Waals surface area contributed by atoms with Crippen molar-refractivity contribution in [2.75, 3.05) is 0 Å². The zero-order chi connectivity index (χ0) is 8.53. The van der Waals surface area contributed by atoms with Crippen LogP contribution in [-0.4, -0.2) is 0 Å². The average Bonchev–Trinajstić information content (AvgIpc) is 2.03. The van der Waals surface area contributed by atoms with E-state index in [1.165, 1.54) is 24.8 Å². The summed E-state index contributed by atoms with van der Waals surface area (Å²) in [5.74, 6) is 0. The second-order valence-corrected chi connectivity index (χ2v) is 2.77. The summed E-state index contributed by atoms with van der Waals surface area (Å²) in [5, 5.41) is 0. The van der Waals surface area contributed by atoms with Gasteiger partial charge in [-0.1, -0.05) is 50.5 Å². The maximum absolute atomic E-state index is 2.35. The van der Waals surface area contributed by atoms with Gasteiger partial charge in [-0.2, -0.15) is 0 Å². The van der Waals surface area contributed by atoms with Crippen molar-refractivity contribution in [2.45, 2.75) is 46.5 Å². The van der Waals surface area contributed by atoms with Gasteiger partial charge in [0.2, 0.25) is 0 Å². The molecule has 0 aromatic rings. The van der Waals surface area contributed by atoms with Crippen molar-refractivity contribution in [3.63, 3.8) is 0 Å². The summed E-state index contributed by atoms with van der Waals surface area (Å²) in [4.78, 5) is 0. The van der Waals surface area contributed by atoms with Crippen LogP contribution in [0.4, 0.5) is 0 Å². The van der Waals surface area contributed by atoms with Gasteiger partial charge < -0.3 is 0 Å². The van der Waals surface area contributed by atoms with Crippen LogP contribution >= 0.6 is 0 Å².